The largest absolute Gasteiger partial charge is 0.360 e. The summed E-state index contributed by atoms with van der Waals surface area (Å²) in [7, 11) is 0. The van der Waals surface area contributed by atoms with Crippen LogP contribution in [0.1, 0.15) is 15.9 Å². The molecule has 0 aliphatic rings. The average Bonchev–Trinajstić information content (AvgIpc) is 2.84. The van der Waals surface area contributed by atoms with Crippen molar-refractivity contribution in [1.82, 2.24) is 4.98 Å². The Morgan fingerprint density at radius 3 is 2.45 bits per heavy atom. The Hall–Kier alpha value is -1.77. The predicted octanol–water partition coefficient (Wildman–Crippen LogP) is 4.90. The topological polar surface area (TPSA) is 32.9 Å². The van der Waals surface area contributed by atoms with Gasteiger partial charge >= 0.3 is 0 Å². The highest BCUT2D eigenvalue weighted by molar-refractivity contribution is 6.31. The van der Waals surface area contributed by atoms with Gasteiger partial charge in [-0.3, -0.25) is 4.79 Å². The van der Waals surface area contributed by atoms with E-state index in [1.54, 1.807) is 24.4 Å². The van der Waals surface area contributed by atoms with Crippen molar-refractivity contribution in [1.29, 1.82) is 0 Å². The molecule has 0 fully saturated rings. The van der Waals surface area contributed by atoms with Crippen LogP contribution in [-0.2, 0) is 6.42 Å². The third-order valence-electron chi connectivity index (χ3n) is 3.22. The van der Waals surface area contributed by atoms with Gasteiger partial charge in [0.15, 0.2) is 5.78 Å². The number of fused-ring (bicyclic) bond motifs is 1. The van der Waals surface area contributed by atoms with Gasteiger partial charge in [0.25, 0.3) is 0 Å². The molecule has 4 heteroatoms. The van der Waals surface area contributed by atoms with E-state index in [9.17, 15) is 4.79 Å². The van der Waals surface area contributed by atoms with Crippen LogP contribution in [0.2, 0.25) is 10.0 Å². The maximum atomic E-state index is 12.4. The molecular weight excluding hydrogens is 293 g/mol. The van der Waals surface area contributed by atoms with E-state index in [4.69, 9.17) is 23.2 Å². The average molecular weight is 304 g/mol. The molecular formula is C16H11Cl2NO. The number of hydrogen-bond donors (Lipinski definition) is 1. The number of aromatic nitrogens is 1. The maximum absolute atomic E-state index is 12.4. The zero-order valence-electron chi connectivity index (χ0n) is 10.5. The number of carbonyl (C=O) groups excluding carboxylic acids is 1. The van der Waals surface area contributed by atoms with E-state index in [1.807, 2.05) is 24.3 Å². The highest BCUT2D eigenvalue weighted by Crippen LogP contribution is 2.23. The van der Waals surface area contributed by atoms with Crippen LogP contribution in [0, 0.1) is 0 Å². The molecule has 0 spiro atoms. The molecule has 2 nitrogen and oxygen atoms in total. The summed E-state index contributed by atoms with van der Waals surface area (Å²) >= 11 is 11.8. The van der Waals surface area contributed by atoms with Gasteiger partial charge in [0.1, 0.15) is 0 Å². The van der Waals surface area contributed by atoms with Gasteiger partial charge < -0.3 is 4.98 Å². The van der Waals surface area contributed by atoms with Gasteiger partial charge in [-0.2, -0.15) is 0 Å². The van der Waals surface area contributed by atoms with Gasteiger partial charge in [0.2, 0.25) is 0 Å². The number of ketones is 1. The summed E-state index contributed by atoms with van der Waals surface area (Å²) < 4.78 is 0. The quantitative estimate of drug-likeness (QED) is 0.686. The maximum Gasteiger partial charge on any atom is 0.169 e. The van der Waals surface area contributed by atoms with E-state index in [2.05, 4.69) is 4.98 Å². The molecule has 1 heterocycles. The van der Waals surface area contributed by atoms with Crippen molar-refractivity contribution in [3.63, 3.8) is 0 Å². The standard InChI is InChI=1S/C16H11Cl2NO/c17-11-3-1-10(2-4-11)7-16(20)14-9-19-15-6-5-12(18)8-13(14)15/h1-6,8-9,19H,7H2. The summed E-state index contributed by atoms with van der Waals surface area (Å²) in [6.45, 7) is 0. The molecule has 0 aliphatic heterocycles. The Kier molecular flexibility index (Phi) is 3.51. The van der Waals surface area contributed by atoms with E-state index in [0.717, 1.165) is 16.5 Å². The lowest BCUT2D eigenvalue weighted by atomic mass is 10.0. The van der Waals surface area contributed by atoms with E-state index >= 15 is 0 Å². The molecule has 1 aromatic heterocycles. The predicted molar refractivity (Wildman–Crippen MR) is 82.8 cm³/mol. The Morgan fingerprint density at radius 1 is 1.00 bits per heavy atom. The van der Waals surface area contributed by atoms with Crippen LogP contribution in [0.25, 0.3) is 10.9 Å². The molecule has 2 aromatic carbocycles. The molecule has 1 N–H and O–H groups in total. The first-order valence-corrected chi connectivity index (χ1v) is 6.93. The second-order valence-corrected chi connectivity index (χ2v) is 5.49. The van der Waals surface area contributed by atoms with E-state index in [-0.39, 0.29) is 5.78 Å². The van der Waals surface area contributed by atoms with Crippen LogP contribution in [-0.4, -0.2) is 10.8 Å². The SMILES string of the molecule is O=C(Cc1ccc(Cl)cc1)c1c[nH]c2ccc(Cl)cc12. The van der Waals surface area contributed by atoms with Gasteiger partial charge in [0.05, 0.1) is 0 Å². The monoisotopic (exact) mass is 303 g/mol. The molecule has 100 valence electrons. The molecule has 3 rings (SSSR count). The first kappa shape index (κ1) is 13.2. The Balaban J connectivity index is 1.92. The van der Waals surface area contributed by atoms with Gasteiger partial charge in [-0.15, -0.1) is 0 Å². The molecule has 20 heavy (non-hydrogen) atoms. The molecule has 0 aliphatic carbocycles. The number of rotatable bonds is 3. The zero-order chi connectivity index (χ0) is 14.1. The lowest BCUT2D eigenvalue weighted by Crippen LogP contribution is -2.02. The zero-order valence-corrected chi connectivity index (χ0v) is 12.0. The van der Waals surface area contributed by atoms with Gasteiger partial charge in [-0.05, 0) is 35.9 Å². The van der Waals surface area contributed by atoms with Crippen LogP contribution in [0.5, 0.6) is 0 Å². The van der Waals surface area contributed by atoms with Crippen molar-refractivity contribution in [2.75, 3.05) is 0 Å². The second-order valence-electron chi connectivity index (χ2n) is 4.62. The highest BCUT2D eigenvalue weighted by atomic mass is 35.5. The van der Waals surface area contributed by atoms with Crippen molar-refractivity contribution in [3.05, 3.63) is 69.8 Å². The fraction of sp³-hybridized carbons (Fsp3) is 0.0625. The summed E-state index contributed by atoms with van der Waals surface area (Å²) in [5.41, 5.74) is 2.52. The number of Topliss-reactive ketones (excluding diaryl/α,β-unsaturated/α-hetero) is 1. The minimum atomic E-state index is 0.0563. The Bertz CT molecular complexity index is 775. The number of carbonyl (C=O) groups is 1. The number of hydrogen-bond acceptors (Lipinski definition) is 1. The molecule has 0 bridgehead atoms. The van der Waals surface area contributed by atoms with Crippen LogP contribution in [0.15, 0.2) is 48.7 Å². The molecule has 0 atom stereocenters. The molecule has 0 amide bonds. The number of benzene rings is 2. The molecule has 0 saturated carbocycles. The third kappa shape index (κ3) is 2.58. The summed E-state index contributed by atoms with van der Waals surface area (Å²) in [5.74, 6) is 0.0563. The summed E-state index contributed by atoms with van der Waals surface area (Å²) in [4.78, 5) is 15.5. The van der Waals surface area contributed by atoms with Crippen molar-refractivity contribution in [2.24, 2.45) is 0 Å². The molecule has 0 radical (unpaired) electrons. The van der Waals surface area contributed by atoms with E-state index < -0.39 is 0 Å². The first-order chi connectivity index (χ1) is 9.63. The van der Waals surface area contributed by atoms with Crippen LogP contribution >= 0.6 is 23.2 Å². The normalized spacial score (nSPS) is 10.9. The van der Waals surface area contributed by atoms with Crippen molar-refractivity contribution >= 4 is 39.9 Å². The van der Waals surface area contributed by atoms with Gasteiger partial charge in [-0.25, -0.2) is 0 Å². The lowest BCUT2D eigenvalue weighted by Gasteiger charge is -2.01. The second kappa shape index (κ2) is 5.31. The van der Waals surface area contributed by atoms with Gasteiger partial charge in [-0.1, -0.05) is 35.3 Å². The van der Waals surface area contributed by atoms with Crippen LogP contribution in [0.4, 0.5) is 0 Å². The Labute approximate surface area is 126 Å². The molecule has 3 aromatic rings. The number of nitrogens with one attached hydrogen (secondary N) is 1. The van der Waals surface area contributed by atoms with E-state index in [1.165, 1.54) is 0 Å². The fourth-order valence-electron chi connectivity index (χ4n) is 2.21. The van der Waals surface area contributed by atoms with Crippen LogP contribution < -0.4 is 0 Å². The summed E-state index contributed by atoms with van der Waals surface area (Å²) in [6.07, 6.45) is 2.08. The first-order valence-electron chi connectivity index (χ1n) is 6.18. The third-order valence-corrected chi connectivity index (χ3v) is 3.71. The smallest absolute Gasteiger partial charge is 0.169 e. The molecule has 0 unspecified atom stereocenters. The van der Waals surface area contributed by atoms with E-state index in [0.29, 0.717) is 22.0 Å². The lowest BCUT2D eigenvalue weighted by molar-refractivity contribution is 0.0994. The van der Waals surface area contributed by atoms with Crippen molar-refractivity contribution < 1.29 is 4.79 Å². The highest BCUT2D eigenvalue weighted by Gasteiger charge is 2.13. The minimum Gasteiger partial charge on any atom is -0.360 e. The van der Waals surface area contributed by atoms with Gasteiger partial charge in [0, 0.05) is 39.1 Å². The number of H-pyrrole nitrogens is 1. The van der Waals surface area contributed by atoms with Crippen molar-refractivity contribution in [3.8, 4) is 0 Å². The van der Waals surface area contributed by atoms with Crippen LogP contribution in [0.3, 0.4) is 0 Å². The Morgan fingerprint density at radius 2 is 1.70 bits per heavy atom. The summed E-state index contributed by atoms with van der Waals surface area (Å²) in [6, 6.07) is 12.8. The minimum absolute atomic E-state index is 0.0563. The number of aromatic amines is 1. The fourth-order valence-corrected chi connectivity index (χ4v) is 2.50. The number of halogens is 2. The van der Waals surface area contributed by atoms with Crippen molar-refractivity contribution in [2.45, 2.75) is 6.42 Å². The summed E-state index contributed by atoms with van der Waals surface area (Å²) in [5, 5.41) is 2.15. The molecule has 0 saturated heterocycles.